The largest absolute Gasteiger partial charge is 0.375 e. The molecule has 1 unspecified atom stereocenters. The molecule has 3 nitrogen and oxygen atoms in total. The van der Waals surface area contributed by atoms with E-state index in [1.807, 2.05) is 32.6 Å². The van der Waals surface area contributed by atoms with Gasteiger partial charge in [-0.15, -0.1) is 0 Å². The van der Waals surface area contributed by atoms with Gasteiger partial charge in [0.05, 0.1) is 0 Å². The smallest absolute Gasteiger partial charge is 0.134 e. The van der Waals surface area contributed by atoms with Gasteiger partial charge in [0.2, 0.25) is 0 Å². The SMILES string of the molecule is CC(=O)CC(C)(O)N(C(C)C)C(C)C. The lowest BCUT2D eigenvalue weighted by molar-refractivity contribution is -0.146. The van der Waals surface area contributed by atoms with Crippen molar-refractivity contribution in [1.82, 2.24) is 4.90 Å². The van der Waals surface area contributed by atoms with Crippen LogP contribution in [0.3, 0.4) is 0 Å². The first-order valence-corrected chi connectivity index (χ1v) is 5.18. The standard InChI is InChI=1S/C11H23NO2/c1-8(2)12(9(3)4)11(6,14)7-10(5)13/h8-9,14H,7H2,1-6H3. The molecule has 1 N–H and O–H groups in total. The number of nitrogens with zero attached hydrogens (tertiary/aromatic N) is 1. The van der Waals surface area contributed by atoms with Crippen molar-refractivity contribution in [2.75, 3.05) is 0 Å². The molecule has 3 heteroatoms. The Kier molecular flexibility index (Phi) is 4.75. The summed E-state index contributed by atoms with van der Waals surface area (Å²) in [4.78, 5) is 13.0. The van der Waals surface area contributed by atoms with Crippen molar-refractivity contribution in [2.24, 2.45) is 0 Å². The number of carbonyl (C=O) groups is 1. The van der Waals surface area contributed by atoms with Crippen LogP contribution in [0.25, 0.3) is 0 Å². The molecule has 0 heterocycles. The van der Waals surface area contributed by atoms with Gasteiger partial charge in [-0.05, 0) is 41.5 Å². The number of ketones is 1. The molecule has 84 valence electrons. The summed E-state index contributed by atoms with van der Waals surface area (Å²) in [7, 11) is 0. The summed E-state index contributed by atoms with van der Waals surface area (Å²) in [6.45, 7) is 11.3. The van der Waals surface area contributed by atoms with Crippen LogP contribution in [0.15, 0.2) is 0 Å². The fraction of sp³-hybridized carbons (Fsp3) is 0.909. The molecule has 0 fully saturated rings. The van der Waals surface area contributed by atoms with Crippen molar-refractivity contribution in [1.29, 1.82) is 0 Å². The third-order valence-corrected chi connectivity index (χ3v) is 2.25. The molecule has 0 saturated carbocycles. The number of Topliss-reactive ketones (excluding diaryl/α,β-unsaturated/α-hetero) is 1. The van der Waals surface area contributed by atoms with Crippen molar-refractivity contribution < 1.29 is 9.90 Å². The van der Waals surface area contributed by atoms with E-state index in [1.54, 1.807) is 6.92 Å². The van der Waals surface area contributed by atoms with Crippen LogP contribution in [0, 0.1) is 0 Å². The second-order valence-corrected chi connectivity index (χ2v) is 4.69. The maximum absolute atomic E-state index is 11.0. The van der Waals surface area contributed by atoms with E-state index in [9.17, 15) is 9.90 Å². The van der Waals surface area contributed by atoms with E-state index in [0.29, 0.717) is 0 Å². The lowest BCUT2D eigenvalue weighted by Crippen LogP contribution is -2.54. The Labute approximate surface area is 87.1 Å². The Hall–Kier alpha value is -0.410. The van der Waals surface area contributed by atoms with E-state index in [2.05, 4.69) is 0 Å². The maximum Gasteiger partial charge on any atom is 0.134 e. The highest BCUT2D eigenvalue weighted by atomic mass is 16.3. The molecular weight excluding hydrogens is 178 g/mol. The van der Waals surface area contributed by atoms with Crippen molar-refractivity contribution in [3.63, 3.8) is 0 Å². The third-order valence-electron chi connectivity index (χ3n) is 2.25. The van der Waals surface area contributed by atoms with Crippen molar-refractivity contribution in [2.45, 2.75) is 65.8 Å². The number of aliphatic hydroxyl groups is 1. The van der Waals surface area contributed by atoms with Gasteiger partial charge in [-0.3, -0.25) is 9.69 Å². The quantitative estimate of drug-likeness (QED) is 0.689. The minimum Gasteiger partial charge on any atom is -0.375 e. The molecule has 1 atom stereocenters. The minimum atomic E-state index is -1.03. The Balaban J connectivity index is 4.71. The van der Waals surface area contributed by atoms with E-state index >= 15 is 0 Å². The zero-order valence-electron chi connectivity index (χ0n) is 10.2. The lowest BCUT2D eigenvalue weighted by Gasteiger charge is -2.42. The molecular formula is C11H23NO2. The topological polar surface area (TPSA) is 40.5 Å². The summed E-state index contributed by atoms with van der Waals surface area (Å²) >= 11 is 0. The molecule has 0 radical (unpaired) electrons. The Morgan fingerprint density at radius 1 is 1.29 bits per heavy atom. The van der Waals surface area contributed by atoms with Crippen molar-refractivity contribution >= 4 is 5.78 Å². The van der Waals surface area contributed by atoms with E-state index < -0.39 is 5.72 Å². The van der Waals surface area contributed by atoms with Crippen LogP contribution in [-0.4, -0.2) is 33.6 Å². The van der Waals surface area contributed by atoms with E-state index in [1.165, 1.54) is 6.92 Å². The molecule has 0 aliphatic rings. The van der Waals surface area contributed by atoms with Crippen LogP contribution in [0.4, 0.5) is 0 Å². The first kappa shape index (κ1) is 13.6. The second-order valence-electron chi connectivity index (χ2n) is 4.69. The van der Waals surface area contributed by atoms with Crippen LogP contribution >= 0.6 is 0 Å². The van der Waals surface area contributed by atoms with Gasteiger partial charge in [0, 0.05) is 18.5 Å². The number of carbonyl (C=O) groups excluding carboxylic acids is 1. The Morgan fingerprint density at radius 2 is 1.64 bits per heavy atom. The van der Waals surface area contributed by atoms with Gasteiger partial charge in [-0.1, -0.05) is 0 Å². The van der Waals surface area contributed by atoms with Gasteiger partial charge < -0.3 is 5.11 Å². The highest BCUT2D eigenvalue weighted by Crippen LogP contribution is 2.22. The third kappa shape index (κ3) is 3.76. The first-order valence-electron chi connectivity index (χ1n) is 5.18. The van der Waals surface area contributed by atoms with Gasteiger partial charge >= 0.3 is 0 Å². The normalized spacial score (nSPS) is 16.4. The van der Waals surface area contributed by atoms with Crippen LogP contribution < -0.4 is 0 Å². The predicted molar refractivity (Wildman–Crippen MR) is 58.0 cm³/mol. The molecule has 0 aliphatic carbocycles. The summed E-state index contributed by atoms with van der Waals surface area (Å²) in [5.74, 6) is 0.0151. The number of hydrogen-bond donors (Lipinski definition) is 1. The number of rotatable bonds is 5. The molecule has 0 aliphatic heterocycles. The average molecular weight is 201 g/mol. The molecule has 0 spiro atoms. The lowest BCUT2D eigenvalue weighted by atomic mass is 10.0. The second kappa shape index (κ2) is 4.89. The summed E-state index contributed by atoms with van der Waals surface area (Å²) < 4.78 is 0. The van der Waals surface area contributed by atoms with Gasteiger partial charge in [-0.2, -0.15) is 0 Å². The fourth-order valence-corrected chi connectivity index (χ4v) is 2.27. The Bertz CT molecular complexity index is 189. The highest BCUT2D eigenvalue weighted by molar-refractivity contribution is 5.76. The predicted octanol–water partition coefficient (Wildman–Crippen LogP) is 1.79. The zero-order valence-corrected chi connectivity index (χ0v) is 10.2. The van der Waals surface area contributed by atoms with Crippen LogP contribution in [-0.2, 0) is 4.79 Å². The molecule has 0 amide bonds. The summed E-state index contributed by atoms with van der Waals surface area (Å²) in [6.07, 6.45) is 0.184. The van der Waals surface area contributed by atoms with Gasteiger partial charge in [0.25, 0.3) is 0 Å². The van der Waals surface area contributed by atoms with Crippen LogP contribution in [0.2, 0.25) is 0 Å². The first-order chi connectivity index (χ1) is 6.18. The molecule has 0 aromatic rings. The van der Waals surface area contributed by atoms with Crippen molar-refractivity contribution in [3.8, 4) is 0 Å². The van der Waals surface area contributed by atoms with Crippen LogP contribution in [0.1, 0.15) is 48.0 Å². The summed E-state index contributed by atoms with van der Waals surface area (Å²) in [5, 5.41) is 10.2. The minimum absolute atomic E-state index is 0.0151. The monoisotopic (exact) mass is 201 g/mol. The van der Waals surface area contributed by atoms with E-state index in [-0.39, 0.29) is 24.3 Å². The van der Waals surface area contributed by atoms with E-state index in [0.717, 1.165) is 0 Å². The van der Waals surface area contributed by atoms with E-state index in [4.69, 9.17) is 0 Å². The van der Waals surface area contributed by atoms with Gasteiger partial charge in [0.1, 0.15) is 11.5 Å². The molecule has 0 saturated heterocycles. The summed E-state index contributed by atoms with van der Waals surface area (Å²) in [6, 6.07) is 0.452. The highest BCUT2D eigenvalue weighted by Gasteiger charge is 2.33. The molecule has 0 aromatic heterocycles. The molecule has 0 rings (SSSR count). The average Bonchev–Trinajstić information content (AvgIpc) is 1.77. The number of hydrogen-bond acceptors (Lipinski definition) is 3. The van der Waals surface area contributed by atoms with Crippen molar-refractivity contribution in [3.05, 3.63) is 0 Å². The molecule has 14 heavy (non-hydrogen) atoms. The fourth-order valence-electron chi connectivity index (χ4n) is 2.27. The van der Waals surface area contributed by atoms with Gasteiger partial charge in [-0.25, -0.2) is 0 Å². The van der Waals surface area contributed by atoms with Gasteiger partial charge in [0.15, 0.2) is 0 Å². The van der Waals surface area contributed by atoms with Crippen LogP contribution in [0.5, 0.6) is 0 Å². The Morgan fingerprint density at radius 3 is 1.86 bits per heavy atom. The maximum atomic E-state index is 11.0. The summed E-state index contributed by atoms with van der Waals surface area (Å²) in [5.41, 5.74) is -1.03. The zero-order chi connectivity index (χ0) is 11.5. The molecule has 0 aromatic carbocycles. The molecule has 0 bridgehead atoms.